The maximum Gasteiger partial charge on any atom is 0.416 e. The average Bonchev–Trinajstić information content (AvgIpc) is 3.04. The molecule has 9 heteroatoms. The molecule has 0 atom stereocenters. The first-order valence-corrected chi connectivity index (χ1v) is 10.6. The molecule has 2 aromatic carbocycles. The lowest BCUT2D eigenvalue weighted by atomic mass is 10.1. The highest BCUT2D eigenvalue weighted by atomic mass is 32.2. The summed E-state index contributed by atoms with van der Waals surface area (Å²) in [5, 5.41) is 3.79. The van der Waals surface area contributed by atoms with Crippen molar-refractivity contribution in [2.75, 3.05) is 21.9 Å². The van der Waals surface area contributed by atoms with E-state index in [1.807, 2.05) is 6.07 Å². The van der Waals surface area contributed by atoms with Gasteiger partial charge in [0.2, 0.25) is 10.0 Å². The number of benzene rings is 2. The fourth-order valence-electron chi connectivity index (χ4n) is 3.43. The molecule has 3 aromatic rings. The molecule has 0 amide bonds. The first kappa shape index (κ1) is 19.5. The van der Waals surface area contributed by atoms with Gasteiger partial charge in [0.1, 0.15) is 0 Å². The summed E-state index contributed by atoms with van der Waals surface area (Å²) in [7, 11) is -3.26. The number of hydrogen-bond acceptors (Lipinski definition) is 4. The van der Waals surface area contributed by atoms with E-state index in [0.29, 0.717) is 36.3 Å². The number of rotatable bonds is 4. The zero-order valence-electron chi connectivity index (χ0n) is 15.3. The summed E-state index contributed by atoms with van der Waals surface area (Å²) in [5.74, 6) is 0.151. The Kier molecular flexibility index (Phi) is 4.85. The van der Waals surface area contributed by atoms with Gasteiger partial charge in [0, 0.05) is 30.4 Å². The van der Waals surface area contributed by atoms with Crippen molar-refractivity contribution in [3.05, 3.63) is 65.9 Å². The van der Waals surface area contributed by atoms with Crippen LogP contribution in [-0.2, 0) is 22.7 Å². The smallest absolute Gasteiger partial charge is 0.380 e. The molecule has 0 bridgehead atoms. The molecular formula is C20H18F3N3O2S. The Morgan fingerprint density at radius 2 is 1.93 bits per heavy atom. The minimum atomic E-state index is -4.42. The predicted molar refractivity (Wildman–Crippen MR) is 106 cm³/mol. The molecule has 0 unspecified atom stereocenters. The van der Waals surface area contributed by atoms with Crippen LogP contribution in [0.25, 0.3) is 10.9 Å². The van der Waals surface area contributed by atoms with E-state index in [9.17, 15) is 21.6 Å². The molecule has 4 rings (SSSR count). The van der Waals surface area contributed by atoms with Gasteiger partial charge in [0.05, 0.1) is 22.5 Å². The highest BCUT2D eigenvalue weighted by molar-refractivity contribution is 7.93. The van der Waals surface area contributed by atoms with Crippen LogP contribution in [0.2, 0.25) is 0 Å². The predicted octanol–water partition coefficient (Wildman–Crippen LogP) is 4.41. The van der Waals surface area contributed by atoms with Gasteiger partial charge in [-0.05, 0) is 42.3 Å². The number of nitrogens with zero attached hydrogens (tertiary/aromatic N) is 2. The zero-order valence-corrected chi connectivity index (χ0v) is 16.1. The first-order valence-electron chi connectivity index (χ1n) is 9.03. The standard InChI is InChI=1S/C20H18F3N3O2S/c21-20(22,23)15-5-6-17-18(7-8-24-19(17)12-15)25-13-14-3-1-4-16(11-14)26-9-2-10-29(26,27)28/h1,3-8,11-12H,2,9-10,13H2,(H,24,25). The Balaban J connectivity index is 1.57. The summed E-state index contributed by atoms with van der Waals surface area (Å²) in [6, 6.07) is 12.4. The molecule has 0 spiro atoms. The molecule has 5 nitrogen and oxygen atoms in total. The highest BCUT2D eigenvalue weighted by Gasteiger charge is 2.31. The maximum atomic E-state index is 12.9. The van der Waals surface area contributed by atoms with E-state index in [0.717, 1.165) is 17.7 Å². The maximum absolute atomic E-state index is 12.9. The van der Waals surface area contributed by atoms with Crippen molar-refractivity contribution in [3.63, 3.8) is 0 Å². The average molecular weight is 421 g/mol. The summed E-state index contributed by atoms with van der Waals surface area (Å²) < 4.78 is 64.4. The lowest BCUT2D eigenvalue weighted by molar-refractivity contribution is -0.137. The van der Waals surface area contributed by atoms with Crippen LogP contribution in [0.15, 0.2) is 54.7 Å². The van der Waals surface area contributed by atoms with Crippen LogP contribution < -0.4 is 9.62 Å². The molecule has 2 heterocycles. The molecule has 1 saturated heterocycles. The second-order valence-electron chi connectivity index (χ2n) is 6.85. The molecule has 1 aliphatic heterocycles. The van der Waals surface area contributed by atoms with Crippen LogP contribution in [0.3, 0.4) is 0 Å². The lowest BCUT2D eigenvalue weighted by Crippen LogP contribution is -2.25. The zero-order chi connectivity index (χ0) is 20.6. The van der Waals surface area contributed by atoms with E-state index in [4.69, 9.17) is 0 Å². The van der Waals surface area contributed by atoms with Crippen molar-refractivity contribution in [1.82, 2.24) is 4.98 Å². The van der Waals surface area contributed by atoms with Crippen molar-refractivity contribution >= 4 is 32.3 Å². The van der Waals surface area contributed by atoms with E-state index in [1.54, 1.807) is 24.3 Å². The molecule has 0 radical (unpaired) electrons. The van der Waals surface area contributed by atoms with Gasteiger partial charge in [-0.25, -0.2) is 8.42 Å². The number of anilines is 2. The van der Waals surface area contributed by atoms with Gasteiger partial charge in [0.15, 0.2) is 0 Å². The van der Waals surface area contributed by atoms with Gasteiger partial charge >= 0.3 is 6.18 Å². The number of hydrogen-bond donors (Lipinski definition) is 1. The fourth-order valence-corrected chi connectivity index (χ4v) is 4.98. The Labute approximate surface area is 166 Å². The van der Waals surface area contributed by atoms with Gasteiger partial charge < -0.3 is 5.32 Å². The van der Waals surface area contributed by atoms with Gasteiger partial charge in [-0.2, -0.15) is 13.2 Å². The number of halogens is 3. The number of aromatic nitrogens is 1. The number of sulfonamides is 1. The fraction of sp³-hybridized carbons (Fsp3) is 0.250. The van der Waals surface area contributed by atoms with Crippen molar-refractivity contribution in [1.29, 1.82) is 0 Å². The van der Waals surface area contributed by atoms with E-state index in [-0.39, 0.29) is 11.3 Å². The molecular weight excluding hydrogens is 403 g/mol. The topological polar surface area (TPSA) is 62.3 Å². The number of fused-ring (bicyclic) bond motifs is 1. The lowest BCUT2D eigenvalue weighted by Gasteiger charge is -2.18. The molecule has 1 aliphatic rings. The van der Waals surface area contributed by atoms with Crippen LogP contribution in [-0.4, -0.2) is 25.7 Å². The molecule has 1 aromatic heterocycles. The van der Waals surface area contributed by atoms with Crippen LogP contribution in [0.4, 0.5) is 24.5 Å². The van der Waals surface area contributed by atoms with Gasteiger partial charge in [-0.1, -0.05) is 18.2 Å². The van der Waals surface area contributed by atoms with Crippen molar-refractivity contribution in [3.8, 4) is 0 Å². The minimum Gasteiger partial charge on any atom is -0.380 e. The second-order valence-corrected chi connectivity index (χ2v) is 8.87. The van der Waals surface area contributed by atoms with Crippen LogP contribution in [0.5, 0.6) is 0 Å². The molecule has 29 heavy (non-hydrogen) atoms. The molecule has 1 fully saturated rings. The Morgan fingerprint density at radius 1 is 1.10 bits per heavy atom. The normalized spacial score (nSPS) is 16.3. The van der Waals surface area contributed by atoms with Gasteiger partial charge in [-0.3, -0.25) is 9.29 Å². The van der Waals surface area contributed by atoms with Crippen molar-refractivity contribution in [2.24, 2.45) is 0 Å². The third-order valence-corrected chi connectivity index (χ3v) is 6.72. The Hall–Kier alpha value is -2.81. The van der Waals surface area contributed by atoms with Crippen LogP contribution >= 0.6 is 0 Å². The largest absolute Gasteiger partial charge is 0.416 e. The molecule has 152 valence electrons. The van der Waals surface area contributed by atoms with Crippen molar-refractivity contribution < 1.29 is 21.6 Å². The van der Waals surface area contributed by atoms with E-state index in [1.165, 1.54) is 16.6 Å². The molecule has 0 aliphatic carbocycles. The highest BCUT2D eigenvalue weighted by Crippen LogP contribution is 2.33. The number of alkyl halides is 3. The second kappa shape index (κ2) is 7.22. The number of pyridine rings is 1. The Bertz CT molecular complexity index is 1160. The SMILES string of the molecule is O=S1(=O)CCCN1c1cccc(CNc2ccnc3cc(C(F)(F)F)ccc23)c1. The molecule has 1 N–H and O–H groups in total. The third-order valence-electron chi connectivity index (χ3n) is 4.85. The van der Waals surface area contributed by atoms with Gasteiger partial charge in [-0.15, -0.1) is 0 Å². The quantitative estimate of drug-likeness (QED) is 0.678. The van der Waals surface area contributed by atoms with Crippen molar-refractivity contribution in [2.45, 2.75) is 19.1 Å². The van der Waals surface area contributed by atoms with Crippen LogP contribution in [0.1, 0.15) is 17.5 Å². The molecule has 0 saturated carbocycles. The van der Waals surface area contributed by atoms with E-state index < -0.39 is 21.8 Å². The number of nitrogens with one attached hydrogen (secondary N) is 1. The summed E-state index contributed by atoms with van der Waals surface area (Å²) in [5.41, 5.74) is 1.65. The summed E-state index contributed by atoms with van der Waals surface area (Å²) in [6.45, 7) is 0.859. The van der Waals surface area contributed by atoms with E-state index >= 15 is 0 Å². The summed E-state index contributed by atoms with van der Waals surface area (Å²) >= 11 is 0. The van der Waals surface area contributed by atoms with Gasteiger partial charge in [0.25, 0.3) is 0 Å². The third kappa shape index (κ3) is 4.00. The monoisotopic (exact) mass is 421 g/mol. The first-order chi connectivity index (χ1) is 13.7. The minimum absolute atomic E-state index is 0.151. The summed E-state index contributed by atoms with van der Waals surface area (Å²) in [6.07, 6.45) is -2.36. The summed E-state index contributed by atoms with van der Waals surface area (Å²) in [4.78, 5) is 4.04. The van der Waals surface area contributed by atoms with Crippen LogP contribution in [0, 0.1) is 0 Å². The Morgan fingerprint density at radius 3 is 2.66 bits per heavy atom. The van der Waals surface area contributed by atoms with E-state index in [2.05, 4.69) is 10.3 Å².